The molecule has 0 aliphatic rings. The summed E-state index contributed by atoms with van der Waals surface area (Å²) in [5, 5.41) is 0. The van der Waals surface area contributed by atoms with Gasteiger partial charge in [0.15, 0.2) is 0 Å². The molecule has 2 N–H and O–H groups in total. The first-order chi connectivity index (χ1) is 5.54. The summed E-state index contributed by atoms with van der Waals surface area (Å²) < 4.78 is 28.7. The molecule has 1 aromatic rings. The Morgan fingerprint density at radius 3 is 2.58 bits per heavy atom. The van der Waals surface area contributed by atoms with Gasteiger partial charge in [-0.25, -0.2) is 0 Å². The van der Waals surface area contributed by atoms with Crippen LogP contribution in [-0.4, -0.2) is 28.6 Å². The standard InChI is InChI=1S/C7H9AsO3S/c1-12-7-4-2-3-6(5-7)8(9,10)11/h2-5H,1H3,(H2,9,10,11). The second-order valence-electron chi connectivity index (χ2n) is 2.25. The van der Waals surface area contributed by atoms with Gasteiger partial charge in [-0.1, -0.05) is 0 Å². The molecule has 0 amide bonds. The quantitative estimate of drug-likeness (QED) is 0.570. The fraction of sp³-hybridized carbons (Fsp3) is 0.143. The molecule has 12 heavy (non-hydrogen) atoms. The Bertz CT molecular complexity index is 320. The summed E-state index contributed by atoms with van der Waals surface area (Å²) in [4.78, 5) is 0.872. The fourth-order valence-corrected chi connectivity index (χ4v) is 2.67. The van der Waals surface area contributed by atoms with Gasteiger partial charge >= 0.3 is 77.6 Å². The fourth-order valence-electron chi connectivity index (χ4n) is 0.792. The SMILES string of the molecule is CSc1cccc([As](=O)(O)O)c1. The normalized spacial score (nSPS) is 11.6. The van der Waals surface area contributed by atoms with E-state index < -0.39 is 14.2 Å². The molecule has 0 radical (unpaired) electrons. The van der Waals surface area contributed by atoms with Crippen molar-refractivity contribution in [1.82, 2.24) is 0 Å². The Kier molecular flexibility index (Phi) is 3.07. The first-order valence-corrected chi connectivity index (χ1v) is 7.85. The van der Waals surface area contributed by atoms with Gasteiger partial charge in [-0.3, -0.25) is 0 Å². The van der Waals surface area contributed by atoms with Crippen LogP contribution < -0.4 is 4.35 Å². The maximum absolute atomic E-state index is 10.8. The summed E-state index contributed by atoms with van der Waals surface area (Å²) in [6, 6.07) is 6.46. The number of thioether (sulfide) groups is 1. The van der Waals surface area contributed by atoms with E-state index in [1.54, 1.807) is 6.07 Å². The van der Waals surface area contributed by atoms with E-state index in [1.807, 2.05) is 12.3 Å². The van der Waals surface area contributed by atoms with Crippen molar-refractivity contribution < 1.29 is 11.9 Å². The van der Waals surface area contributed by atoms with Crippen LogP contribution in [0.2, 0.25) is 0 Å². The monoisotopic (exact) mass is 248 g/mol. The third kappa shape index (κ3) is 2.42. The molecule has 0 saturated heterocycles. The Morgan fingerprint density at radius 1 is 1.42 bits per heavy atom. The van der Waals surface area contributed by atoms with Gasteiger partial charge in [-0.05, 0) is 0 Å². The molecule has 0 heterocycles. The van der Waals surface area contributed by atoms with Gasteiger partial charge in [0.1, 0.15) is 0 Å². The van der Waals surface area contributed by atoms with Crippen LogP contribution in [0.3, 0.4) is 0 Å². The van der Waals surface area contributed by atoms with Crippen molar-refractivity contribution in [2.24, 2.45) is 0 Å². The average Bonchev–Trinajstić information content (AvgIpc) is 2.03. The Hall–Kier alpha value is -0.152. The zero-order valence-corrected chi connectivity index (χ0v) is 9.16. The molecule has 0 fully saturated rings. The van der Waals surface area contributed by atoms with Crippen LogP contribution in [-0.2, 0) is 3.74 Å². The molecular weight excluding hydrogens is 239 g/mol. The average molecular weight is 248 g/mol. The number of benzene rings is 1. The van der Waals surface area contributed by atoms with Crippen LogP contribution in [0.4, 0.5) is 0 Å². The van der Waals surface area contributed by atoms with Crippen LogP contribution >= 0.6 is 11.8 Å². The van der Waals surface area contributed by atoms with Crippen molar-refractivity contribution in [1.29, 1.82) is 0 Å². The summed E-state index contributed by atoms with van der Waals surface area (Å²) in [5.41, 5.74) is 0. The summed E-state index contributed by atoms with van der Waals surface area (Å²) in [5.74, 6) is 0. The molecule has 1 rings (SSSR count). The molecule has 1 aromatic carbocycles. The van der Waals surface area contributed by atoms with Crippen molar-refractivity contribution in [3.63, 3.8) is 0 Å². The van der Waals surface area contributed by atoms with Crippen LogP contribution in [0.25, 0.3) is 0 Å². The number of hydrogen-bond acceptors (Lipinski definition) is 2. The van der Waals surface area contributed by atoms with Gasteiger partial charge in [0.25, 0.3) is 0 Å². The minimum atomic E-state index is -4.67. The molecular formula is C7H9AsO3S. The zero-order chi connectivity index (χ0) is 9.19. The molecule has 3 nitrogen and oxygen atoms in total. The second kappa shape index (κ2) is 3.71. The first kappa shape index (κ1) is 9.93. The molecule has 0 bridgehead atoms. The van der Waals surface area contributed by atoms with Gasteiger partial charge < -0.3 is 0 Å². The van der Waals surface area contributed by atoms with Crippen molar-refractivity contribution in [2.75, 3.05) is 6.26 Å². The molecule has 0 saturated carbocycles. The van der Waals surface area contributed by atoms with Crippen molar-refractivity contribution in [3.05, 3.63) is 24.3 Å². The molecule has 0 aromatic heterocycles. The molecule has 0 aliphatic heterocycles. The number of hydrogen-bond donors (Lipinski definition) is 2. The van der Waals surface area contributed by atoms with Crippen molar-refractivity contribution >= 4 is 30.3 Å². The van der Waals surface area contributed by atoms with Crippen LogP contribution in [0.15, 0.2) is 29.2 Å². The van der Waals surface area contributed by atoms with E-state index in [1.165, 1.54) is 23.9 Å². The molecule has 0 spiro atoms. The van der Waals surface area contributed by atoms with E-state index in [2.05, 4.69) is 0 Å². The van der Waals surface area contributed by atoms with E-state index in [-0.39, 0.29) is 4.35 Å². The summed E-state index contributed by atoms with van der Waals surface area (Å²) in [7, 11) is 0. The second-order valence-corrected chi connectivity index (χ2v) is 6.49. The first-order valence-electron chi connectivity index (χ1n) is 3.24. The summed E-state index contributed by atoms with van der Waals surface area (Å²) in [6.07, 6.45) is 1.87. The Balaban J connectivity index is 3.11. The third-order valence-corrected chi connectivity index (χ3v) is 4.11. The van der Waals surface area contributed by atoms with E-state index in [4.69, 9.17) is 8.19 Å². The molecule has 66 valence electrons. The van der Waals surface area contributed by atoms with Crippen molar-refractivity contribution in [2.45, 2.75) is 4.90 Å². The minimum absolute atomic E-state index is 0.139. The van der Waals surface area contributed by atoms with Gasteiger partial charge in [0, 0.05) is 0 Å². The van der Waals surface area contributed by atoms with Gasteiger partial charge in [-0.15, -0.1) is 0 Å². The Labute approximate surface area is 77.8 Å². The van der Waals surface area contributed by atoms with Gasteiger partial charge in [0.05, 0.1) is 0 Å². The van der Waals surface area contributed by atoms with Crippen molar-refractivity contribution in [3.8, 4) is 0 Å². The van der Waals surface area contributed by atoms with E-state index in [0.717, 1.165) is 4.90 Å². The van der Waals surface area contributed by atoms with Crippen LogP contribution in [0, 0.1) is 0 Å². The molecule has 0 unspecified atom stereocenters. The van der Waals surface area contributed by atoms with Crippen LogP contribution in [0.1, 0.15) is 0 Å². The Morgan fingerprint density at radius 2 is 2.08 bits per heavy atom. The summed E-state index contributed by atoms with van der Waals surface area (Å²) >= 11 is -3.20. The van der Waals surface area contributed by atoms with Crippen LogP contribution in [0.5, 0.6) is 0 Å². The van der Waals surface area contributed by atoms with Gasteiger partial charge in [-0.2, -0.15) is 0 Å². The zero-order valence-electron chi connectivity index (χ0n) is 6.47. The van der Waals surface area contributed by atoms with E-state index >= 15 is 0 Å². The molecule has 5 heteroatoms. The summed E-state index contributed by atoms with van der Waals surface area (Å²) in [6.45, 7) is 0. The van der Waals surface area contributed by atoms with Gasteiger partial charge in [0.2, 0.25) is 0 Å². The van der Waals surface area contributed by atoms with E-state index in [9.17, 15) is 3.74 Å². The molecule has 0 aliphatic carbocycles. The van der Waals surface area contributed by atoms with E-state index in [0.29, 0.717) is 0 Å². The predicted octanol–water partition coefficient (Wildman–Crippen LogP) is -0.0305. The predicted molar refractivity (Wildman–Crippen MR) is 48.7 cm³/mol. The molecule has 0 atom stereocenters. The maximum atomic E-state index is 10.8. The topological polar surface area (TPSA) is 57.5 Å². The number of rotatable bonds is 2. The third-order valence-electron chi connectivity index (χ3n) is 1.39.